The van der Waals surface area contributed by atoms with Gasteiger partial charge in [0.1, 0.15) is 5.75 Å². The topological polar surface area (TPSA) is 76.4 Å². The Hall–Kier alpha value is -1.75. The summed E-state index contributed by atoms with van der Waals surface area (Å²) in [6, 6.07) is 8.30. The second-order valence-electron chi connectivity index (χ2n) is 5.08. The van der Waals surface area contributed by atoms with Crippen molar-refractivity contribution in [2.45, 2.75) is 31.7 Å². The second kappa shape index (κ2) is 7.75. The van der Waals surface area contributed by atoms with Crippen LogP contribution in [0, 0.1) is 0 Å². The number of para-hydroxylation sites is 2. The van der Waals surface area contributed by atoms with Crippen LogP contribution in [0.3, 0.4) is 0 Å². The SMILES string of the molecule is NC(=O)CCOc1ccccc1NC1CCCNCC1. The lowest BCUT2D eigenvalue weighted by molar-refractivity contribution is -0.118. The van der Waals surface area contributed by atoms with Crippen LogP contribution in [0.5, 0.6) is 5.75 Å². The van der Waals surface area contributed by atoms with Crippen molar-refractivity contribution in [3.05, 3.63) is 24.3 Å². The minimum Gasteiger partial charge on any atom is -0.491 e. The summed E-state index contributed by atoms with van der Waals surface area (Å²) in [6.45, 7) is 2.46. The van der Waals surface area contributed by atoms with Gasteiger partial charge in [0.05, 0.1) is 18.7 Å². The largest absolute Gasteiger partial charge is 0.491 e. The van der Waals surface area contributed by atoms with E-state index in [2.05, 4.69) is 10.6 Å². The fourth-order valence-electron chi connectivity index (χ4n) is 2.36. The van der Waals surface area contributed by atoms with Gasteiger partial charge < -0.3 is 21.1 Å². The van der Waals surface area contributed by atoms with Gasteiger partial charge in [-0.3, -0.25) is 4.79 Å². The van der Waals surface area contributed by atoms with Gasteiger partial charge in [-0.2, -0.15) is 0 Å². The van der Waals surface area contributed by atoms with E-state index in [1.807, 2.05) is 24.3 Å². The van der Waals surface area contributed by atoms with E-state index < -0.39 is 0 Å². The van der Waals surface area contributed by atoms with Crippen LogP contribution in [0.15, 0.2) is 24.3 Å². The Morgan fingerprint density at radius 2 is 2.20 bits per heavy atom. The molecule has 0 radical (unpaired) electrons. The molecule has 110 valence electrons. The molecule has 1 heterocycles. The van der Waals surface area contributed by atoms with Gasteiger partial charge in [-0.25, -0.2) is 0 Å². The molecular weight excluding hydrogens is 254 g/mol. The van der Waals surface area contributed by atoms with Gasteiger partial charge in [0.2, 0.25) is 5.91 Å². The molecule has 1 atom stereocenters. The summed E-state index contributed by atoms with van der Waals surface area (Å²) in [5.74, 6) is 0.441. The minimum atomic E-state index is -0.342. The lowest BCUT2D eigenvalue weighted by Gasteiger charge is -2.20. The molecule has 1 amide bonds. The Bertz CT molecular complexity index is 429. The number of carbonyl (C=O) groups is 1. The van der Waals surface area contributed by atoms with Gasteiger partial charge in [0, 0.05) is 6.04 Å². The van der Waals surface area contributed by atoms with Gasteiger partial charge in [0.25, 0.3) is 0 Å². The molecule has 2 rings (SSSR count). The van der Waals surface area contributed by atoms with Crippen LogP contribution in [0.25, 0.3) is 0 Å². The molecule has 0 saturated carbocycles. The lowest BCUT2D eigenvalue weighted by Crippen LogP contribution is -2.22. The summed E-state index contributed by atoms with van der Waals surface area (Å²) in [6.07, 6.45) is 3.68. The van der Waals surface area contributed by atoms with Crippen molar-refractivity contribution in [1.82, 2.24) is 5.32 Å². The summed E-state index contributed by atoms with van der Waals surface area (Å²) >= 11 is 0. The van der Waals surface area contributed by atoms with Gasteiger partial charge in [-0.05, 0) is 44.5 Å². The maximum atomic E-state index is 10.7. The number of rotatable bonds is 6. The predicted octanol–water partition coefficient (Wildman–Crippen LogP) is 1.49. The van der Waals surface area contributed by atoms with E-state index >= 15 is 0 Å². The molecule has 4 N–H and O–H groups in total. The molecule has 1 fully saturated rings. The van der Waals surface area contributed by atoms with Gasteiger partial charge in [-0.15, -0.1) is 0 Å². The summed E-state index contributed by atoms with van der Waals surface area (Å²) in [4.78, 5) is 10.7. The first-order valence-electron chi connectivity index (χ1n) is 7.23. The average molecular weight is 277 g/mol. The van der Waals surface area contributed by atoms with Gasteiger partial charge in [0.15, 0.2) is 0 Å². The zero-order valence-corrected chi connectivity index (χ0v) is 11.7. The summed E-state index contributed by atoms with van der Waals surface area (Å²) in [7, 11) is 0. The standard InChI is InChI=1S/C15H23N3O2/c16-15(19)8-11-20-14-6-2-1-5-13(14)18-12-4-3-9-17-10-7-12/h1-2,5-6,12,17-18H,3-4,7-11H2,(H2,16,19). The Balaban J connectivity index is 1.93. The normalized spacial score (nSPS) is 19.1. The van der Waals surface area contributed by atoms with Crippen LogP contribution in [0.1, 0.15) is 25.7 Å². The summed E-state index contributed by atoms with van der Waals surface area (Å²) in [5.41, 5.74) is 6.11. The number of carbonyl (C=O) groups excluding carboxylic acids is 1. The zero-order valence-electron chi connectivity index (χ0n) is 11.7. The smallest absolute Gasteiger partial charge is 0.220 e. The number of nitrogens with two attached hydrogens (primary N) is 1. The summed E-state index contributed by atoms with van der Waals surface area (Å²) in [5, 5.41) is 6.95. The van der Waals surface area contributed by atoms with E-state index in [-0.39, 0.29) is 12.3 Å². The predicted molar refractivity (Wildman–Crippen MR) is 79.9 cm³/mol. The number of nitrogens with one attached hydrogen (secondary N) is 2. The summed E-state index contributed by atoms with van der Waals surface area (Å²) < 4.78 is 5.64. The van der Waals surface area contributed by atoms with Crippen molar-refractivity contribution in [1.29, 1.82) is 0 Å². The van der Waals surface area contributed by atoms with Crippen LogP contribution < -0.4 is 21.1 Å². The van der Waals surface area contributed by atoms with E-state index in [1.54, 1.807) is 0 Å². The molecule has 0 bridgehead atoms. The van der Waals surface area contributed by atoms with Crippen LogP contribution in [-0.2, 0) is 4.79 Å². The number of hydrogen-bond acceptors (Lipinski definition) is 4. The van der Waals surface area contributed by atoms with Crippen molar-refractivity contribution >= 4 is 11.6 Å². The minimum absolute atomic E-state index is 0.238. The Kier molecular flexibility index (Phi) is 5.68. The lowest BCUT2D eigenvalue weighted by atomic mass is 10.1. The quantitative estimate of drug-likeness (QED) is 0.736. The molecule has 1 unspecified atom stereocenters. The molecule has 0 aliphatic carbocycles. The molecule has 5 heteroatoms. The third kappa shape index (κ3) is 4.74. The monoisotopic (exact) mass is 277 g/mol. The number of primary amides is 1. The number of benzene rings is 1. The van der Waals surface area contributed by atoms with Crippen molar-refractivity contribution in [2.75, 3.05) is 25.0 Å². The van der Waals surface area contributed by atoms with E-state index in [0.717, 1.165) is 37.4 Å². The Morgan fingerprint density at radius 1 is 1.35 bits per heavy atom. The Morgan fingerprint density at radius 3 is 3.05 bits per heavy atom. The fourth-order valence-corrected chi connectivity index (χ4v) is 2.36. The maximum absolute atomic E-state index is 10.7. The van der Waals surface area contributed by atoms with Gasteiger partial charge in [-0.1, -0.05) is 12.1 Å². The van der Waals surface area contributed by atoms with Crippen molar-refractivity contribution in [3.8, 4) is 5.75 Å². The molecule has 1 aliphatic rings. The molecule has 0 aromatic heterocycles. The molecule has 1 aromatic rings. The average Bonchev–Trinajstić information content (AvgIpc) is 2.69. The number of amides is 1. The second-order valence-corrected chi connectivity index (χ2v) is 5.08. The molecule has 0 spiro atoms. The van der Waals surface area contributed by atoms with Crippen LogP contribution in [0.4, 0.5) is 5.69 Å². The highest BCUT2D eigenvalue weighted by Gasteiger charge is 2.13. The van der Waals surface area contributed by atoms with Crippen molar-refractivity contribution in [2.24, 2.45) is 5.73 Å². The van der Waals surface area contributed by atoms with Crippen LogP contribution >= 0.6 is 0 Å². The third-order valence-corrected chi connectivity index (χ3v) is 3.43. The molecule has 1 saturated heterocycles. The van der Waals surface area contributed by atoms with Crippen LogP contribution in [-0.4, -0.2) is 31.6 Å². The molecule has 5 nitrogen and oxygen atoms in total. The molecule has 1 aliphatic heterocycles. The van der Waals surface area contributed by atoms with Gasteiger partial charge >= 0.3 is 0 Å². The van der Waals surface area contributed by atoms with Crippen molar-refractivity contribution < 1.29 is 9.53 Å². The Labute approximate surface area is 119 Å². The van der Waals surface area contributed by atoms with E-state index in [1.165, 1.54) is 6.42 Å². The maximum Gasteiger partial charge on any atom is 0.220 e. The fraction of sp³-hybridized carbons (Fsp3) is 0.533. The number of ether oxygens (including phenoxy) is 1. The first-order valence-corrected chi connectivity index (χ1v) is 7.23. The van der Waals surface area contributed by atoms with Crippen molar-refractivity contribution in [3.63, 3.8) is 0 Å². The van der Waals surface area contributed by atoms with Crippen LogP contribution in [0.2, 0.25) is 0 Å². The first-order chi connectivity index (χ1) is 9.75. The van der Waals surface area contributed by atoms with E-state index in [0.29, 0.717) is 12.6 Å². The molecule has 1 aromatic carbocycles. The third-order valence-electron chi connectivity index (χ3n) is 3.43. The highest BCUT2D eigenvalue weighted by molar-refractivity contribution is 5.73. The first kappa shape index (κ1) is 14.7. The zero-order chi connectivity index (χ0) is 14.2. The molecular formula is C15H23N3O2. The highest BCUT2D eigenvalue weighted by Crippen LogP contribution is 2.26. The number of anilines is 1. The molecule has 20 heavy (non-hydrogen) atoms. The van der Waals surface area contributed by atoms with E-state index in [9.17, 15) is 4.79 Å². The number of hydrogen-bond donors (Lipinski definition) is 3. The van der Waals surface area contributed by atoms with E-state index in [4.69, 9.17) is 10.5 Å². The highest BCUT2D eigenvalue weighted by atomic mass is 16.5.